The molecule has 0 aliphatic carbocycles. The zero-order valence-electron chi connectivity index (χ0n) is 14.4. The van der Waals surface area contributed by atoms with Gasteiger partial charge in [-0.25, -0.2) is 0 Å². The van der Waals surface area contributed by atoms with Gasteiger partial charge in [-0.3, -0.25) is 9.59 Å². The van der Waals surface area contributed by atoms with E-state index >= 15 is 0 Å². The fourth-order valence-corrected chi connectivity index (χ4v) is 3.24. The first-order chi connectivity index (χ1) is 12.2. The summed E-state index contributed by atoms with van der Waals surface area (Å²) in [7, 11) is 0. The average molecular weight is 336 g/mol. The molecule has 4 heteroatoms. The SMILES string of the molecule is O=C(CN1CCCCCC1=O)NC(c1ccccc1)c1ccccc1. The Bertz CT molecular complexity index is 661. The number of nitrogens with zero attached hydrogens (tertiary/aromatic N) is 1. The highest BCUT2D eigenvalue weighted by atomic mass is 16.2. The highest BCUT2D eigenvalue weighted by Crippen LogP contribution is 2.21. The van der Waals surface area contributed by atoms with Crippen molar-refractivity contribution in [1.29, 1.82) is 0 Å². The normalized spacial score (nSPS) is 15.1. The predicted molar refractivity (Wildman–Crippen MR) is 97.9 cm³/mol. The maximum Gasteiger partial charge on any atom is 0.240 e. The lowest BCUT2D eigenvalue weighted by molar-refractivity contribution is -0.135. The van der Waals surface area contributed by atoms with Crippen LogP contribution in [-0.4, -0.2) is 29.8 Å². The number of hydrogen-bond donors (Lipinski definition) is 1. The summed E-state index contributed by atoms with van der Waals surface area (Å²) in [4.78, 5) is 26.4. The van der Waals surface area contributed by atoms with Crippen molar-refractivity contribution in [2.75, 3.05) is 13.1 Å². The predicted octanol–water partition coefficient (Wildman–Crippen LogP) is 3.29. The van der Waals surface area contributed by atoms with Crippen molar-refractivity contribution in [3.8, 4) is 0 Å². The van der Waals surface area contributed by atoms with Gasteiger partial charge in [-0.05, 0) is 24.0 Å². The lowest BCUT2D eigenvalue weighted by atomic mass is 9.99. The van der Waals surface area contributed by atoms with E-state index in [1.54, 1.807) is 4.90 Å². The summed E-state index contributed by atoms with van der Waals surface area (Å²) in [6.07, 6.45) is 3.50. The molecular weight excluding hydrogens is 312 g/mol. The maximum atomic E-state index is 12.6. The van der Waals surface area contributed by atoms with Gasteiger partial charge in [0.1, 0.15) is 0 Å². The zero-order valence-corrected chi connectivity index (χ0v) is 14.4. The molecule has 1 fully saturated rings. The van der Waals surface area contributed by atoms with E-state index < -0.39 is 0 Å². The summed E-state index contributed by atoms with van der Waals surface area (Å²) in [5.41, 5.74) is 2.06. The highest BCUT2D eigenvalue weighted by molar-refractivity contribution is 5.85. The quantitative estimate of drug-likeness (QED) is 0.911. The van der Waals surface area contributed by atoms with Crippen molar-refractivity contribution < 1.29 is 9.59 Å². The van der Waals surface area contributed by atoms with E-state index in [2.05, 4.69) is 5.32 Å². The largest absolute Gasteiger partial charge is 0.344 e. The van der Waals surface area contributed by atoms with Crippen molar-refractivity contribution in [2.45, 2.75) is 31.7 Å². The van der Waals surface area contributed by atoms with Crippen LogP contribution in [0.4, 0.5) is 0 Å². The summed E-state index contributed by atoms with van der Waals surface area (Å²) in [5, 5.41) is 3.11. The van der Waals surface area contributed by atoms with Gasteiger partial charge in [-0.15, -0.1) is 0 Å². The molecular formula is C21H24N2O2. The third kappa shape index (κ3) is 4.69. The van der Waals surface area contributed by atoms with E-state index in [1.807, 2.05) is 60.7 Å². The molecule has 1 saturated heterocycles. The van der Waals surface area contributed by atoms with Crippen LogP contribution in [0.25, 0.3) is 0 Å². The second-order valence-corrected chi connectivity index (χ2v) is 6.45. The minimum absolute atomic E-state index is 0.0867. The number of carbonyl (C=O) groups is 2. The first-order valence-corrected chi connectivity index (χ1v) is 8.91. The van der Waals surface area contributed by atoms with Gasteiger partial charge in [-0.2, -0.15) is 0 Å². The molecule has 2 aromatic carbocycles. The van der Waals surface area contributed by atoms with E-state index in [0.29, 0.717) is 13.0 Å². The van der Waals surface area contributed by atoms with Crippen molar-refractivity contribution >= 4 is 11.8 Å². The number of hydrogen-bond acceptors (Lipinski definition) is 2. The summed E-state index contributed by atoms with van der Waals surface area (Å²) < 4.78 is 0. The van der Waals surface area contributed by atoms with Crippen LogP contribution in [0.15, 0.2) is 60.7 Å². The Balaban J connectivity index is 1.74. The minimum atomic E-state index is -0.211. The van der Waals surface area contributed by atoms with Crippen LogP contribution in [0.1, 0.15) is 42.9 Å². The van der Waals surface area contributed by atoms with E-state index in [1.165, 1.54) is 0 Å². The van der Waals surface area contributed by atoms with Crippen molar-refractivity contribution in [3.05, 3.63) is 71.8 Å². The molecule has 0 atom stereocenters. The Morgan fingerprint density at radius 1 is 0.920 bits per heavy atom. The summed E-state index contributed by atoms with van der Waals surface area (Å²) >= 11 is 0. The maximum absolute atomic E-state index is 12.6. The highest BCUT2D eigenvalue weighted by Gasteiger charge is 2.22. The standard InChI is InChI=1S/C21H24N2O2/c24-19(16-23-15-9-3-8-14-20(23)25)22-21(17-10-4-1-5-11-17)18-12-6-2-7-13-18/h1-2,4-7,10-13,21H,3,8-9,14-16H2,(H,22,24). The molecule has 0 unspecified atom stereocenters. The molecule has 0 spiro atoms. The van der Waals surface area contributed by atoms with Gasteiger partial charge in [0.2, 0.25) is 11.8 Å². The van der Waals surface area contributed by atoms with Crippen LogP contribution in [0, 0.1) is 0 Å². The Morgan fingerprint density at radius 3 is 2.12 bits per heavy atom. The zero-order chi connectivity index (χ0) is 17.5. The second kappa shape index (κ2) is 8.47. The van der Waals surface area contributed by atoms with Gasteiger partial charge in [0, 0.05) is 13.0 Å². The molecule has 0 bridgehead atoms. The Kier molecular flexibility index (Phi) is 5.83. The van der Waals surface area contributed by atoms with Gasteiger partial charge in [0.05, 0.1) is 12.6 Å². The van der Waals surface area contributed by atoms with E-state index in [-0.39, 0.29) is 24.4 Å². The van der Waals surface area contributed by atoms with Crippen LogP contribution >= 0.6 is 0 Å². The fraction of sp³-hybridized carbons (Fsp3) is 0.333. The van der Waals surface area contributed by atoms with Gasteiger partial charge in [0.15, 0.2) is 0 Å². The van der Waals surface area contributed by atoms with Crippen LogP contribution in [0.3, 0.4) is 0 Å². The lowest BCUT2D eigenvalue weighted by Crippen LogP contribution is -2.41. The molecule has 2 aromatic rings. The van der Waals surface area contributed by atoms with Gasteiger partial charge in [-0.1, -0.05) is 67.1 Å². The number of nitrogens with one attached hydrogen (secondary N) is 1. The third-order valence-corrected chi connectivity index (χ3v) is 4.58. The van der Waals surface area contributed by atoms with Gasteiger partial charge < -0.3 is 10.2 Å². The number of amides is 2. The lowest BCUT2D eigenvalue weighted by Gasteiger charge is -2.24. The Labute approximate surface area is 148 Å². The van der Waals surface area contributed by atoms with Crippen molar-refractivity contribution in [1.82, 2.24) is 10.2 Å². The topological polar surface area (TPSA) is 49.4 Å². The van der Waals surface area contributed by atoms with Gasteiger partial charge >= 0.3 is 0 Å². The molecule has 0 saturated carbocycles. The molecule has 1 N–H and O–H groups in total. The molecule has 0 aromatic heterocycles. The van der Waals surface area contributed by atoms with E-state index in [0.717, 1.165) is 30.4 Å². The smallest absolute Gasteiger partial charge is 0.240 e. The van der Waals surface area contributed by atoms with E-state index in [4.69, 9.17) is 0 Å². The third-order valence-electron chi connectivity index (χ3n) is 4.58. The molecule has 25 heavy (non-hydrogen) atoms. The van der Waals surface area contributed by atoms with Crippen LogP contribution < -0.4 is 5.32 Å². The Morgan fingerprint density at radius 2 is 1.52 bits per heavy atom. The van der Waals surface area contributed by atoms with Crippen LogP contribution in [0.2, 0.25) is 0 Å². The Hall–Kier alpha value is -2.62. The average Bonchev–Trinajstić information content (AvgIpc) is 2.86. The molecule has 2 amide bonds. The monoisotopic (exact) mass is 336 g/mol. The number of rotatable bonds is 5. The van der Waals surface area contributed by atoms with Gasteiger partial charge in [0.25, 0.3) is 0 Å². The molecule has 130 valence electrons. The van der Waals surface area contributed by atoms with E-state index in [9.17, 15) is 9.59 Å². The number of carbonyl (C=O) groups excluding carboxylic acids is 2. The summed E-state index contributed by atoms with van der Waals surface area (Å²) in [6, 6.07) is 19.6. The van der Waals surface area contributed by atoms with Crippen LogP contribution in [0.5, 0.6) is 0 Å². The van der Waals surface area contributed by atoms with Crippen molar-refractivity contribution in [3.63, 3.8) is 0 Å². The molecule has 1 heterocycles. The molecule has 1 aliphatic rings. The first kappa shape index (κ1) is 17.2. The van der Waals surface area contributed by atoms with Crippen LogP contribution in [-0.2, 0) is 9.59 Å². The fourth-order valence-electron chi connectivity index (χ4n) is 3.24. The molecule has 3 rings (SSSR count). The number of likely N-dealkylation sites (tertiary alicyclic amines) is 1. The molecule has 0 radical (unpaired) electrons. The molecule has 4 nitrogen and oxygen atoms in total. The first-order valence-electron chi connectivity index (χ1n) is 8.91. The summed E-state index contributed by atoms with van der Waals surface area (Å²) in [5.74, 6) is -0.0309. The number of benzene rings is 2. The minimum Gasteiger partial charge on any atom is -0.344 e. The van der Waals surface area contributed by atoms with Crippen molar-refractivity contribution in [2.24, 2.45) is 0 Å². The second-order valence-electron chi connectivity index (χ2n) is 6.45. The molecule has 1 aliphatic heterocycles. The summed E-state index contributed by atoms with van der Waals surface area (Å²) in [6.45, 7) is 0.808.